The summed E-state index contributed by atoms with van der Waals surface area (Å²) in [5.74, 6) is -0.554. The van der Waals surface area contributed by atoms with Gasteiger partial charge < -0.3 is 11.1 Å². The summed E-state index contributed by atoms with van der Waals surface area (Å²) in [5.41, 5.74) is 6.18. The molecule has 5 heteroatoms. The number of rotatable bonds is 5. The van der Waals surface area contributed by atoms with E-state index in [0.717, 1.165) is 5.56 Å². The maximum absolute atomic E-state index is 13.0. The Balaban J connectivity index is 2.65. The Morgan fingerprint density at radius 2 is 2.18 bits per heavy atom. The van der Waals surface area contributed by atoms with Crippen LogP contribution < -0.4 is 11.1 Å². The first-order chi connectivity index (χ1) is 7.91. The quantitative estimate of drug-likeness (QED) is 0.876. The molecule has 0 bridgehead atoms. The van der Waals surface area contributed by atoms with Gasteiger partial charge >= 0.3 is 0 Å². The summed E-state index contributed by atoms with van der Waals surface area (Å²) in [7, 11) is 0. The lowest BCUT2D eigenvalue weighted by Gasteiger charge is -2.19. The fourth-order valence-corrected chi connectivity index (χ4v) is 1.97. The van der Waals surface area contributed by atoms with Gasteiger partial charge in [-0.1, -0.05) is 19.9 Å². The lowest BCUT2D eigenvalue weighted by molar-refractivity contribution is -0.121. The Kier molecular flexibility index (Phi) is 5.08. The van der Waals surface area contributed by atoms with Crippen molar-refractivity contribution in [2.75, 3.05) is 0 Å². The first-order valence-electron chi connectivity index (χ1n) is 5.38. The molecule has 0 aliphatic rings. The second kappa shape index (κ2) is 6.12. The fourth-order valence-electron chi connectivity index (χ4n) is 1.54. The maximum atomic E-state index is 13.0. The molecule has 0 saturated heterocycles. The van der Waals surface area contributed by atoms with Crippen molar-refractivity contribution in [3.8, 4) is 0 Å². The molecule has 1 unspecified atom stereocenters. The minimum absolute atomic E-state index is 0.122. The minimum atomic E-state index is -0.376. The third-order valence-corrected chi connectivity index (χ3v) is 3.09. The van der Waals surface area contributed by atoms with E-state index in [-0.39, 0.29) is 23.7 Å². The van der Waals surface area contributed by atoms with E-state index in [4.69, 9.17) is 5.73 Å². The highest BCUT2D eigenvalue weighted by Gasteiger charge is 2.18. The number of carbonyl (C=O) groups is 1. The average molecular weight is 303 g/mol. The highest BCUT2D eigenvalue weighted by atomic mass is 79.9. The highest BCUT2D eigenvalue weighted by molar-refractivity contribution is 9.10. The molecule has 0 aliphatic heterocycles. The average Bonchev–Trinajstić information content (AvgIpc) is 2.22. The van der Waals surface area contributed by atoms with E-state index in [0.29, 0.717) is 11.0 Å². The molecule has 0 heterocycles. The van der Waals surface area contributed by atoms with E-state index >= 15 is 0 Å². The SMILES string of the molecule is CC(C)C(NCc1ccc(F)c(Br)c1)C(N)=O. The molecule has 1 atom stereocenters. The number of halogens is 2. The van der Waals surface area contributed by atoms with Gasteiger partial charge in [0.2, 0.25) is 5.91 Å². The number of carbonyl (C=O) groups excluding carboxylic acids is 1. The Labute approximate surface area is 109 Å². The zero-order chi connectivity index (χ0) is 13.0. The predicted molar refractivity (Wildman–Crippen MR) is 68.8 cm³/mol. The van der Waals surface area contributed by atoms with Crippen LogP contribution in [0.15, 0.2) is 22.7 Å². The van der Waals surface area contributed by atoms with Gasteiger partial charge in [0.05, 0.1) is 10.5 Å². The molecular formula is C12H16BrFN2O. The number of hydrogen-bond donors (Lipinski definition) is 2. The monoisotopic (exact) mass is 302 g/mol. The molecule has 0 fully saturated rings. The summed E-state index contributed by atoms with van der Waals surface area (Å²) in [6.45, 7) is 4.32. The van der Waals surface area contributed by atoms with Crippen LogP contribution in [0, 0.1) is 11.7 Å². The fraction of sp³-hybridized carbons (Fsp3) is 0.417. The van der Waals surface area contributed by atoms with Gasteiger partial charge in [0.1, 0.15) is 5.82 Å². The molecule has 1 rings (SSSR count). The van der Waals surface area contributed by atoms with Gasteiger partial charge in [-0.2, -0.15) is 0 Å². The highest BCUT2D eigenvalue weighted by Crippen LogP contribution is 2.17. The van der Waals surface area contributed by atoms with Crippen molar-refractivity contribution in [1.29, 1.82) is 0 Å². The Hall–Kier alpha value is -0.940. The summed E-state index contributed by atoms with van der Waals surface area (Å²) < 4.78 is 13.4. The van der Waals surface area contributed by atoms with Crippen LogP contribution in [-0.4, -0.2) is 11.9 Å². The number of benzene rings is 1. The molecule has 1 amide bonds. The topological polar surface area (TPSA) is 55.1 Å². The number of primary amides is 1. The molecule has 0 saturated carbocycles. The van der Waals surface area contributed by atoms with E-state index in [1.54, 1.807) is 12.1 Å². The van der Waals surface area contributed by atoms with Crippen LogP contribution in [0.3, 0.4) is 0 Å². The van der Waals surface area contributed by atoms with Crippen molar-refractivity contribution in [2.45, 2.75) is 26.4 Å². The first kappa shape index (κ1) is 14.1. The van der Waals surface area contributed by atoms with Gasteiger partial charge in [-0.05, 0) is 39.5 Å². The molecule has 94 valence electrons. The van der Waals surface area contributed by atoms with E-state index in [1.807, 2.05) is 13.8 Å². The standard InChI is InChI=1S/C12H16BrFN2O/c1-7(2)11(12(15)17)16-6-8-3-4-10(14)9(13)5-8/h3-5,7,11,16H,6H2,1-2H3,(H2,15,17). The molecule has 17 heavy (non-hydrogen) atoms. The maximum Gasteiger partial charge on any atom is 0.234 e. The van der Waals surface area contributed by atoms with E-state index in [2.05, 4.69) is 21.2 Å². The van der Waals surface area contributed by atoms with Crippen LogP contribution in [0.25, 0.3) is 0 Å². The minimum Gasteiger partial charge on any atom is -0.368 e. The van der Waals surface area contributed by atoms with Crippen molar-refractivity contribution in [2.24, 2.45) is 11.7 Å². The van der Waals surface area contributed by atoms with Crippen molar-refractivity contribution in [1.82, 2.24) is 5.32 Å². The molecule has 0 aliphatic carbocycles. The third-order valence-electron chi connectivity index (χ3n) is 2.48. The van der Waals surface area contributed by atoms with Gasteiger partial charge in [-0.25, -0.2) is 4.39 Å². The number of nitrogens with two attached hydrogens (primary N) is 1. The number of hydrogen-bond acceptors (Lipinski definition) is 2. The number of amides is 1. The Bertz CT molecular complexity index is 409. The smallest absolute Gasteiger partial charge is 0.234 e. The molecule has 0 aromatic heterocycles. The van der Waals surface area contributed by atoms with Crippen LogP contribution in [0.1, 0.15) is 19.4 Å². The molecule has 1 aromatic carbocycles. The first-order valence-corrected chi connectivity index (χ1v) is 6.17. The summed E-state index contributed by atoms with van der Waals surface area (Å²) in [6.07, 6.45) is 0. The molecular weight excluding hydrogens is 287 g/mol. The van der Waals surface area contributed by atoms with Gasteiger partial charge in [0.15, 0.2) is 0 Å². The normalized spacial score (nSPS) is 12.8. The second-order valence-electron chi connectivity index (χ2n) is 4.25. The van der Waals surface area contributed by atoms with Gasteiger partial charge in [0, 0.05) is 6.54 Å². The van der Waals surface area contributed by atoms with Gasteiger partial charge in [-0.3, -0.25) is 4.79 Å². The molecule has 0 radical (unpaired) electrons. The van der Waals surface area contributed by atoms with Crippen LogP contribution in [0.5, 0.6) is 0 Å². The second-order valence-corrected chi connectivity index (χ2v) is 5.11. The van der Waals surface area contributed by atoms with E-state index < -0.39 is 0 Å². The van der Waals surface area contributed by atoms with E-state index in [9.17, 15) is 9.18 Å². The summed E-state index contributed by atoms with van der Waals surface area (Å²) >= 11 is 3.12. The lowest BCUT2D eigenvalue weighted by Crippen LogP contribution is -2.44. The van der Waals surface area contributed by atoms with Crippen LogP contribution in [-0.2, 0) is 11.3 Å². The zero-order valence-electron chi connectivity index (χ0n) is 9.84. The molecule has 0 spiro atoms. The molecule has 3 N–H and O–H groups in total. The van der Waals surface area contributed by atoms with Crippen LogP contribution >= 0.6 is 15.9 Å². The molecule has 3 nitrogen and oxygen atoms in total. The van der Waals surface area contributed by atoms with Crippen molar-refractivity contribution in [3.63, 3.8) is 0 Å². The Morgan fingerprint density at radius 1 is 1.53 bits per heavy atom. The lowest BCUT2D eigenvalue weighted by atomic mass is 10.0. The van der Waals surface area contributed by atoms with Crippen molar-refractivity contribution in [3.05, 3.63) is 34.1 Å². The van der Waals surface area contributed by atoms with Crippen molar-refractivity contribution >= 4 is 21.8 Å². The number of nitrogens with one attached hydrogen (secondary N) is 1. The zero-order valence-corrected chi connectivity index (χ0v) is 11.4. The Morgan fingerprint density at radius 3 is 2.65 bits per heavy atom. The summed E-state index contributed by atoms with van der Waals surface area (Å²) in [4.78, 5) is 11.2. The summed E-state index contributed by atoms with van der Waals surface area (Å²) in [6, 6.07) is 4.36. The van der Waals surface area contributed by atoms with Crippen molar-refractivity contribution < 1.29 is 9.18 Å². The van der Waals surface area contributed by atoms with Gasteiger partial charge in [0.25, 0.3) is 0 Å². The largest absolute Gasteiger partial charge is 0.368 e. The van der Waals surface area contributed by atoms with Gasteiger partial charge in [-0.15, -0.1) is 0 Å². The molecule has 1 aromatic rings. The van der Waals surface area contributed by atoms with E-state index in [1.165, 1.54) is 6.07 Å². The summed E-state index contributed by atoms with van der Waals surface area (Å²) in [5, 5.41) is 3.06. The van der Waals surface area contributed by atoms with Crippen LogP contribution in [0.4, 0.5) is 4.39 Å². The van der Waals surface area contributed by atoms with Crippen LogP contribution in [0.2, 0.25) is 0 Å². The predicted octanol–water partition coefficient (Wildman–Crippen LogP) is 2.19. The third kappa shape index (κ3) is 4.09.